The average Bonchev–Trinajstić information content (AvgIpc) is 3.41. The normalized spacial score (nSPS) is 12.8. The predicted molar refractivity (Wildman–Crippen MR) is 114 cm³/mol. The summed E-state index contributed by atoms with van der Waals surface area (Å²) in [4.78, 5) is 23.7. The van der Waals surface area contributed by atoms with Gasteiger partial charge in [0.2, 0.25) is 0 Å². The summed E-state index contributed by atoms with van der Waals surface area (Å²) in [6.45, 7) is 0.810. The summed E-state index contributed by atoms with van der Waals surface area (Å²) in [5.74, 6) is 0.00453. The van der Waals surface area contributed by atoms with Crippen LogP contribution in [0.4, 0.5) is 5.69 Å². The third-order valence-electron chi connectivity index (χ3n) is 5.04. The Morgan fingerprint density at radius 2 is 1.69 bits per heavy atom. The van der Waals surface area contributed by atoms with Gasteiger partial charge in [-0.3, -0.25) is 4.72 Å². The molecule has 2 aromatic carbocycles. The fraction of sp³-hybridized carbons (Fsp3) is 0.238. The maximum atomic E-state index is 13.1. The van der Waals surface area contributed by atoms with Crippen molar-refractivity contribution >= 4 is 27.6 Å². The number of ether oxygens (including phenoxy) is 2. The van der Waals surface area contributed by atoms with Crippen LogP contribution >= 0.6 is 0 Å². The van der Waals surface area contributed by atoms with Crippen molar-refractivity contribution in [3.05, 3.63) is 59.4 Å². The van der Waals surface area contributed by atoms with Gasteiger partial charge < -0.3 is 14.0 Å². The first kappa shape index (κ1) is 21.5. The van der Waals surface area contributed by atoms with Crippen LogP contribution in [0.2, 0.25) is 0 Å². The molecule has 166 valence electrons. The van der Waals surface area contributed by atoms with E-state index in [2.05, 4.69) is 24.4 Å². The largest absolute Gasteiger partial charge is 0.465 e. The Kier molecular flexibility index (Phi) is 5.66. The number of carbonyl (C=O) groups is 2. The Balaban J connectivity index is 1.69. The van der Waals surface area contributed by atoms with Gasteiger partial charge in [0.15, 0.2) is 5.82 Å². The van der Waals surface area contributed by atoms with Crippen LogP contribution in [0.25, 0.3) is 11.4 Å². The van der Waals surface area contributed by atoms with Crippen LogP contribution in [0.3, 0.4) is 0 Å². The zero-order valence-electron chi connectivity index (χ0n) is 17.4. The van der Waals surface area contributed by atoms with Crippen LogP contribution in [0.15, 0.2) is 47.4 Å². The number of nitrogens with zero attached hydrogens (tertiary/aromatic N) is 3. The Bertz CT molecular complexity index is 1280. The number of sulfonamides is 1. The molecule has 0 unspecified atom stereocenters. The van der Waals surface area contributed by atoms with Gasteiger partial charge in [-0.2, -0.15) is 0 Å². The van der Waals surface area contributed by atoms with Crippen molar-refractivity contribution in [1.29, 1.82) is 0 Å². The Labute approximate surface area is 184 Å². The van der Waals surface area contributed by atoms with Crippen LogP contribution in [-0.4, -0.2) is 49.3 Å². The van der Waals surface area contributed by atoms with Gasteiger partial charge in [0.05, 0.1) is 30.2 Å². The van der Waals surface area contributed by atoms with Crippen molar-refractivity contribution in [3.63, 3.8) is 0 Å². The second-order valence-electron chi connectivity index (χ2n) is 7.11. The highest BCUT2D eigenvalue weighted by Crippen LogP contribution is 2.27. The van der Waals surface area contributed by atoms with Gasteiger partial charge in [-0.25, -0.2) is 18.0 Å². The van der Waals surface area contributed by atoms with Crippen molar-refractivity contribution in [2.45, 2.75) is 24.3 Å². The number of esters is 2. The molecule has 2 heterocycles. The first-order chi connectivity index (χ1) is 15.3. The van der Waals surface area contributed by atoms with E-state index >= 15 is 0 Å². The van der Waals surface area contributed by atoms with E-state index in [1.807, 2.05) is 10.6 Å². The molecule has 0 aliphatic carbocycles. The third kappa shape index (κ3) is 4.06. The second kappa shape index (κ2) is 8.42. The number of carbonyl (C=O) groups excluding carboxylic acids is 2. The minimum absolute atomic E-state index is 0.0939. The van der Waals surface area contributed by atoms with E-state index in [9.17, 15) is 18.0 Å². The van der Waals surface area contributed by atoms with E-state index in [1.54, 1.807) is 18.2 Å². The summed E-state index contributed by atoms with van der Waals surface area (Å²) in [5, 5.41) is 8.40. The number of aromatic nitrogens is 3. The molecule has 1 N–H and O–H groups in total. The molecular formula is C21H20N4O6S. The highest BCUT2D eigenvalue weighted by molar-refractivity contribution is 7.92. The number of fused-ring (bicyclic) bond motifs is 1. The van der Waals surface area contributed by atoms with Crippen molar-refractivity contribution in [3.8, 4) is 11.4 Å². The minimum Gasteiger partial charge on any atom is -0.465 e. The standard InChI is InChI=1S/C21H20N4O6S/c1-30-20(26)14-9-15(21(27)31-2)12-17(11-14)32(28,29)24-16-6-3-5-13(10-16)19-23-22-18-7-4-8-25(18)19/h3,5-6,9-12,24H,4,7-8H2,1-2H3. The molecule has 1 aromatic heterocycles. The topological polar surface area (TPSA) is 129 Å². The maximum Gasteiger partial charge on any atom is 0.337 e. The zero-order valence-corrected chi connectivity index (χ0v) is 18.2. The molecule has 1 aliphatic heterocycles. The van der Waals surface area contributed by atoms with E-state index in [-0.39, 0.29) is 16.0 Å². The molecule has 1 aliphatic rings. The lowest BCUT2D eigenvalue weighted by Gasteiger charge is -2.12. The molecule has 0 bridgehead atoms. The molecule has 4 rings (SSSR count). The van der Waals surface area contributed by atoms with Gasteiger partial charge in [0.1, 0.15) is 5.82 Å². The number of methoxy groups -OCH3 is 2. The lowest BCUT2D eigenvalue weighted by Crippen LogP contribution is -2.16. The molecule has 10 nitrogen and oxygen atoms in total. The summed E-state index contributed by atoms with van der Waals surface area (Å²) in [5.41, 5.74) is 0.817. The van der Waals surface area contributed by atoms with Crippen molar-refractivity contribution < 1.29 is 27.5 Å². The van der Waals surface area contributed by atoms with E-state index in [4.69, 9.17) is 0 Å². The number of aryl methyl sites for hydroxylation is 1. The summed E-state index contributed by atoms with van der Waals surface area (Å²) in [6, 6.07) is 10.2. The monoisotopic (exact) mass is 456 g/mol. The molecule has 3 aromatic rings. The Morgan fingerprint density at radius 1 is 1.00 bits per heavy atom. The summed E-state index contributed by atoms with van der Waals surface area (Å²) in [7, 11) is -1.83. The Hall–Kier alpha value is -3.73. The lowest BCUT2D eigenvalue weighted by molar-refractivity contribution is 0.0598. The van der Waals surface area contributed by atoms with E-state index in [0.717, 1.165) is 51.6 Å². The van der Waals surface area contributed by atoms with Gasteiger partial charge in [-0.15, -0.1) is 10.2 Å². The number of rotatable bonds is 6. The van der Waals surface area contributed by atoms with E-state index < -0.39 is 22.0 Å². The van der Waals surface area contributed by atoms with Crippen LogP contribution in [0.1, 0.15) is 33.0 Å². The minimum atomic E-state index is -4.15. The molecular weight excluding hydrogens is 436 g/mol. The number of hydrogen-bond donors (Lipinski definition) is 1. The highest BCUT2D eigenvalue weighted by atomic mass is 32.2. The predicted octanol–water partition coefficient (Wildman–Crippen LogP) is 2.27. The first-order valence-corrected chi connectivity index (χ1v) is 11.2. The second-order valence-corrected chi connectivity index (χ2v) is 8.79. The van der Waals surface area contributed by atoms with Gasteiger partial charge in [0.25, 0.3) is 10.0 Å². The number of nitrogens with one attached hydrogen (secondary N) is 1. The third-order valence-corrected chi connectivity index (χ3v) is 6.40. The quantitative estimate of drug-likeness (QED) is 0.559. The molecule has 0 saturated heterocycles. The van der Waals surface area contributed by atoms with Crippen molar-refractivity contribution in [1.82, 2.24) is 14.8 Å². The number of hydrogen-bond acceptors (Lipinski definition) is 8. The summed E-state index contributed by atoms with van der Waals surface area (Å²) >= 11 is 0. The molecule has 0 amide bonds. The molecule has 0 fully saturated rings. The summed E-state index contributed by atoms with van der Waals surface area (Å²) in [6.07, 6.45) is 1.85. The van der Waals surface area contributed by atoms with Gasteiger partial charge in [-0.1, -0.05) is 12.1 Å². The number of anilines is 1. The lowest BCUT2D eigenvalue weighted by atomic mass is 10.1. The maximum absolute atomic E-state index is 13.1. The fourth-order valence-electron chi connectivity index (χ4n) is 3.53. The van der Waals surface area contributed by atoms with Crippen molar-refractivity contribution in [2.24, 2.45) is 0 Å². The molecule has 0 radical (unpaired) electrons. The molecule has 11 heteroatoms. The molecule has 0 atom stereocenters. The smallest absolute Gasteiger partial charge is 0.337 e. The van der Waals surface area contributed by atoms with Gasteiger partial charge >= 0.3 is 11.9 Å². The molecule has 0 spiro atoms. The summed E-state index contributed by atoms with van der Waals surface area (Å²) < 4.78 is 39.9. The number of benzene rings is 2. The highest BCUT2D eigenvalue weighted by Gasteiger charge is 2.22. The Morgan fingerprint density at radius 3 is 2.34 bits per heavy atom. The van der Waals surface area contributed by atoms with E-state index in [1.165, 1.54) is 6.07 Å². The van der Waals surface area contributed by atoms with Gasteiger partial charge in [-0.05, 0) is 36.8 Å². The van der Waals surface area contributed by atoms with Crippen LogP contribution in [0.5, 0.6) is 0 Å². The average molecular weight is 456 g/mol. The molecule has 0 saturated carbocycles. The molecule has 32 heavy (non-hydrogen) atoms. The fourth-order valence-corrected chi connectivity index (χ4v) is 4.64. The SMILES string of the molecule is COC(=O)c1cc(C(=O)OC)cc(S(=O)(=O)Nc2cccc(-c3nnc4n3CCC4)c2)c1. The van der Waals surface area contributed by atoms with E-state index in [0.29, 0.717) is 17.1 Å². The first-order valence-electron chi connectivity index (χ1n) is 9.69. The van der Waals surface area contributed by atoms with Crippen LogP contribution < -0.4 is 4.72 Å². The van der Waals surface area contributed by atoms with Crippen LogP contribution in [-0.2, 0) is 32.5 Å². The van der Waals surface area contributed by atoms with Gasteiger partial charge in [0, 0.05) is 24.2 Å². The van der Waals surface area contributed by atoms with Crippen molar-refractivity contribution in [2.75, 3.05) is 18.9 Å². The van der Waals surface area contributed by atoms with Crippen LogP contribution in [0, 0.1) is 0 Å². The zero-order chi connectivity index (χ0) is 22.9.